The number of hydrogen-bond acceptors (Lipinski definition) is 4. The van der Waals surface area contributed by atoms with Crippen LogP contribution in [0.15, 0.2) is 46.9 Å². The number of carbonyl (C=O) groups excluding carboxylic acids is 1. The van der Waals surface area contributed by atoms with Crippen molar-refractivity contribution in [1.29, 1.82) is 0 Å². The summed E-state index contributed by atoms with van der Waals surface area (Å²) in [5, 5.41) is 11.4. The zero-order valence-electron chi connectivity index (χ0n) is 15.1. The van der Waals surface area contributed by atoms with E-state index in [9.17, 15) is 4.79 Å². The minimum Gasteiger partial charge on any atom is -0.493 e. The van der Waals surface area contributed by atoms with Crippen molar-refractivity contribution in [3.8, 4) is 11.4 Å². The molecule has 1 aliphatic heterocycles. The number of aromatic nitrogens is 3. The molecule has 0 bridgehead atoms. The Bertz CT molecular complexity index is 998. The van der Waals surface area contributed by atoms with Gasteiger partial charge in [0, 0.05) is 16.5 Å². The minimum atomic E-state index is -0.233. The van der Waals surface area contributed by atoms with E-state index in [1.54, 1.807) is 4.68 Å². The molecule has 27 heavy (non-hydrogen) atoms. The lowest BCUT2D eigenvalue weighted by molar-refractivity contribution is 0.0919. The van der Waals surface area contributed by atoms with Gasteiger partial charge in [-0.15, -0.1) is 5.10 Å². The average molecular weight is 427 g/mol. The topological polar surface area (TPSA) is 69.0 Å². The van der Waals surface area contributed by atoms with Crippen LogP contribution in [0.1, 0.15) is 39.8 Å². The van der Waals surface area contributed by atoms with Crippen molar-refractivity contribution in [1.82, 2.24) is 20.3 Å². The maximum absolute atomic E-state index is 12.8. The van der Waals surface area contributed by atoms with Crippen molar-refractivity contribution in [3.05, 3.63) is 69.5 Å². The van der Waals surface area contributed by atoms with E-state index in [0.29, 0.717) is 24.4 Å². The van der Waals surface area contributed by atoms with E-state index < -0.39 is 0 Å². The van der Waals surface area contributed by atoms with Gasteiger partial charge in [-0.1, -0.05) is 38.8 Å². The van der Waals surface area contributed by atoms with Crippen LogP contribution >= 0.6 is 15.9 Å². The molecular weight excluding hydrogens is 408 g/mol. The molecule has 4 rings (SSSR count). The smallest absolute Gasteiger partial charge is 0.274 e. The van der Waals surface area contributed by atoms with Gasteiger partial charge in [0.25, 0.3) is 5.91 Å². The molecule has 0 radical (unpaired) electrons. The highest BCUT2D eigenvalue weighted by molar-refractivity contribution is 9.10. The fraction of sp³-hybridized carbons (Fsp3) is 0.250. The average Bonchev–Trinajstić information content (AvgIpc) is 3.04. The van der Waals surface area contributed by atoms with E-state index in [-0.39, 0.29) is 11.9 Å². The summed E-state index contributed by atoms with van der Waals surface area (Å²) in [5.74, 6) is 0.568. The summed E-state index contributed by atoms with van der Waals surface area (Å²) in [6, 6.07) is 13.6. The summed E-state index contributed by atoms with van der Waals surface area (Å²) in [7, 11) is 0. The molecule has 0 aliphatic carbocycles. The van der Waals surface area contributed by atoms with E-state index in [0.717, 1.165) is 21.5 Å². The van der Waals surface area contributed by atoms with Crippen molar-refractivity contribution < 1.29 is 9.53 Å². The Kier molecular flexibility index (Phi) is 4.70. The maximum atomic E-state index is 12.8. The molecule has 1 atom stereocenters. The van der Waals surface area contributed by atoms with Crippen molar-refractivity contribution in [2.24, 2.45) is 0 Å². The molecule has 7 heteroatoms. The first-order chi connectivity index (χ1) is 13.0. The number of hydrogen-bond donors (Lipinski definition) is 1. The third kappa shape index (κ3) is 3.47. The number of aryl methyl sites for hydroxylation is 1. The third-order valence-corrected chi connectivity index (χ3v) is 5.20. The fourth-order valence-electron chi connectivity index (χ4n) is 3.21. The normalized spacial score (nSPS) is 15.7. The van der Waals surface area contributed by atoms with Gasteiger partial charge in [0.2, 0.25) is 0 Å². The van der Waals surface area contributed by atoms with Gasteiger partial charge >= 0.3 is 0 Å². The number of nitrogens with zero attached hydrogens (tertiary/aromatic N) is 3. The first kappa shape index (κ1) is 17.7. The SMILES string of the molecule is Cc1ccc(-n2nnc(C(=O)NC3CCOc4ccc(Br)cc43)c2C)cc1. The zero-order valence-corrected chi connectivity index (χ0v) is 16.7. The van der Waals surface area contributed by atoms with Gasteiger partial charge in [-0.05, 0) is 44.2 Å². The molecule has 2 heterocycles. The van der Waals surface area contributed by atoms with Crippen LogP contribution < -0.4 is 10.1 Å². The van der Waals surface area contributed by atoms with E-state index in [1.165, 1.54) is 5.56 Å². The van der Waals surface area contributed by atoms with E-state index in [2.05, 4.69) is 31.6 Å². The third-order valence-electron chi connectivity index (χ3n) is 4.70. The van der Waals surface area contributed by atoms with Gasteiger partial charge in [0.1, 0.15) is 5.75 Å². The number of halogens is 1. The molecule has 0 saturated heterocycles. The fourth-order valence-corrected chi connectivity index (χ4v) is 3.59. The van der Waals surface area contributed by atoms with Crippen LogP contribution in [-0.4, -0.2) is 27.5 Å². The number of ether oxygens (including phenoxy) is 1. The summed E-state index contributed by atoms with van der Waals surface area (Å²) < 4.78 is 8.32. The number of carbonyl (C=O) groups is 1. The van der Waals surface area contributed by atoms with Crippen LogP contribution in [0.3, 0.4) is 0 Å². The standard InChI is InChI=1S/C20H19BrN4O2/c1-12-3-6-15(7-4-12)25-13(2)19(23-24-25)20(26)22-17-9-10-27-18-8-5-14(21)11-16(17)18/h3-8,11,17H,9-10H2,1-2H3,(H,22,26). The second-order valence-corrected chi connectivity index (χ2v) is 7.53. The molecule has 1 aliphatic rings. The minimum absolute atomic E-state index is 0.123. The first-order valence-corrected chi connectivity index (χ1v) is 9.54. The maximum Gasteiger partial charge on any atom is 0.274 e. The molecule has 0 spiro atoms. The van der Waals surface area contributed by atoms with Crippen molar-refractivity contribution in [2.45, 2.75) is 26.3 Å². The summed E-state index contributed by atoms with van der Waals surface area (Å²) >= 11 is 3.48. The highest BCUT2D eigenvalue weighted by Gasteiger charge is 2.26. The quantitative estimate of drug-likeness (QED) is 0.689. The molecule has 6 nitrogen and oxygen atoms in total. The number of benzene rings is 2. The van der Waals surface area contributed by atoms with Crippen LogP contribution in [0.25, 0.3) is 5.69 Å². The van der Waals surface area contributed by atoms with Crippen LogP contribution in [0.2, 0.25) is 0 Å². The molecule has 0 saturated carbocycles. The Morgan fingerprint density at radius 2 is 2.00 bits per heavy atom. The molecule has 138 valence electrons. The molecule has 3 aromatic rings. The lowest BCUT2D eigenvalue weighted by Gasteiger charge is -2.26. The highest BCUT2D eigenvalue weighted by Crippen LogP contribution is 2.34. The Labute approximate surface area is 165 Å². The van der Waals surface area contributed by atoms with E-state index >= 15 is 0 Å². The Morgan fingerprint density at radius 1 is 1.22 bits per heavy atom. The Morgan fingerprint density at radius 3 is 2.78 bits per heavy atom. The predicted octanol–water partition coefficient (Wildman–Crippen LogP) is 3.90. The van der Waals surface area contributed by atoms with Crippen molar-refractivity contribution in [2.75, 3.05) is 6.61 Å². The lowest BCUT2D eigenvalue weighted by Crippen LogP contribution is -2.32. The predicted molar refractivity (Wildman–Crippen MR) is 105 cm³/mol. The second-order valence-electron chi connectivity index (χ2n) is 6.62. The molecule has 2 aromatic carbocycles. The van der Waals surface area contributed by atoms with E-state index in [4.69, 9.17) is 4.74 Å². The molecule has 1 aromatic heterocycles. The molecule has 1 N–H and O–H groups in total. The Balaban J connectivity index is 1.58. The summed E-state index contributed by atoms with van der Waals surface area (Å²) in [5.41, 5.74) is 4.05. The lowest BCUT2D eigenvalue weighted by atomic mass is 10.0. The van der Waals surface area contributed by atoms with Crippen molar-refractivity contribution >= 4 is 21.8 Å². The van der Waals surface area contributed by atoms with E-state index in [1.807, 2.05) is 56.3 Å². The first-order valence-electron chi connectivity index (χ1n) is 8.75. The van der Waals surface area contributed by atoms with Crippen LogP contribution in [-0.2, 0) is 0 Å². The molecule has 0 fully saturated rings. The Hall–Kier alpha value is -2.67. The summed E-state index contributed by atoms with van der Waals surface area (Å²) in [4.78, 5) is 12.8. The van der Waals surface area contributed by atoms with Gasteiger partial charge in [-0.2, -0.15) is 0 Å². The van der Waals surface area contributed by atoms with Crippen LogP contribution in [0, 0.1) is 13.8 Å². The van der Waals surface area contributed by atoms with Gasteiger partial charge < -0.3 is 10.1 Å². The molecule has 1 unspecified atom stereocenters. The number of amides is 1. The number of rotatable bonds is 3. The second kappa shape index (κ2) is 7.15. The monoisotopic (exact) mass is 426 g/mol. The number of nitrogens with one attached hydrogen (secondary N) is 1. The van der Waals surface area contributed by atoms with Crippen LogP contribution in [0.4, 0.5) is 0 Å². The highest BCUT2D eigenvalue weighted by atomic mass is 79.9. The largest absolute Gasteiger partial charge is 0.493 e. The molecule has 1 amide bonds. The van der Waals surface area contributed by atoms with Gasteiger partial charge in [0.15, 0.2) is 5.69 Å². The van der Waals surface area contributed by atoms with Gasteiger partial charge in [0.05, 0.1) is 24.0 Å². The number of fused-ring (bicyclic) bond motifs is 1. The zero-order chi connectivity index (χ0) is 19.0. The van der Waals surface area contributed by atoms with Gasteiger partial charge in [-0.3, -0.25) is 4.79 Å². The van der Waals surface area contributed by atoms with Crippen molar-refractivity contribution in [3.63, 3.8) is 0 Å². The summed E-state index contributed by atoms with van der Waals surface area (Å²) in [6.07, 6.45) is 0.709. The van der Waals surface area contributed by atoms with Gasteiger partial charge in [-0.25, -0.2) is 4.68 Å². The molecular formula is C20H19BrN4O2. The summed E-state index contributed by atoms with van der Waals surface area (Å²) in [6.45, 7) is 4.44. The van der Waals surface area contributed by atoms with Crippen LogP contribution in [0.5, 0.6) is 5.75 Å².